The number of nitrogens with one attached hydrogen (secondary N) is 1. The number of hydrogen-bond acceptors (Lipinski definition) is 3. The van der Waals surface area contributed by atoms with Crippen molar-refractivity contribution in [1.29, 1.82) is 0 Å². The van der Waals surface area contributed by atoms with Crippen molar-refractivity contribution in [2.75, 3.05) is 5.73 Å². The molecule has 3 rings (SSSR count). The van der Waals surface area contributed by atoms with Crippen LogP contribution in [0.3, 0.4) is 0 Å². The quantitative estimate of drug-likeness (QED) is 0.600. The van der Waals surface area contributed by atoms with Crippen molar-refractivity contribution in [3.8, 4) is 17.0 Å². The number of hydrogen-bond donors (Lipinski definition) is 2. The van der Waals surface area contributed by atoms with E-state index in [2.05, 4.69) is 36.2 Å². The summed E-state index contributed by atoms with van der Waals surface area (Å²) in [7, 11) is 0. The normalized spacial score (nSPS) is 13.4. The fraction of sp³-hybridized carbons (Fsp3) is 0.286. The Balaban J connectivity index is 1.80. The molecule has 3 N–H and O–H groups in total. The van der Waals surface area contributed by atoms with Gasteiger partial charge in [0, 0.05) is 11.3 Å². The van der Waals surface area contributed by atoms with Gasteiger partial charge in [-0.1, -0.05) is 44.2 Å². The summed E-state index contributed by atoms with van der Waals surface area (Å²) in [5.74, 6) is 1.40. The number of rotatable bonds is 6. The zero-order chi connectivity index (χ0) is 17.8. The fourth-order valence-corrected chi connectivity index (χ4v) is 2.86. The highest BCUT2D eigenvalue weighted by atomic mass is 16.5. The average molecular weight is 335 g/mol. The first-order valence-electron chi connectivity index (χ1n) is 8.75. The summed E-state index contributed by atoms with van der Waals surface area (Å²) >= 11 is 0. The molecule has 0 amide bonds. The lowest BCUT2D eigenvalue weighted by atomic mass is 9.98. The van der Waals surface area contributed by atoms with E-state index in [9.17, 15) is 0 Å². The Labute approximate surface area is 149 Å². The molecule has 1 heterocycles. The maximum atomic E-state index is 6.23. The Kier molecular flexibility index (Phi) is 5.08. The van der Waals surface area contributed by atoms with E-state index in [0.29, 0.717) is 5.92 Å². The number of ether oxygens (including phenoxy) is 1. The van der Waals surface area contributed by atoms with E-state index < -0.39 is 0 Å². The predicted molar refractivity (Wildman–Crippen MR) is 103 cm³/mol. The van der Waals surface area contributed by atoms with Gasteiger partial charge in [0.15, 0.2) is 0 Å². The van der Waals surface area contributed by atoms with Crippen molar-refractivity contribution in [2.24, 2.45) is 0 Å². The van der Waals surface area contributed by atoms with Crippen LogP contribution in [-0.4, -0.2) is 10.2 Å². The molecular weight excluding hydrogens is 310 g/mol. The SMILES string of the molecule is CCC(C)c1ccccc1OC(C)c1cc(-c2cccc(N)c2)n[nH]1. The highest BCUT2D eigenvalue weighted by Gasteiger charge is 2.16. The van der Waals surface area contributed by atoms with Crippen LogP contribution in [0.25, 0.3) is 11.3 Å². The number of aromatic nitrogens is 2. The first-order chi connectivity index (χ1) is 12.1. The van der Waals surface area contributed by atoms with Gasteiger partial charge in [0.2, 0.25) is 0 Å². The van der Waals surface area contributed by atoms with Crippen molar-refractivity contribution < 1.29 is 4.74 Å². The number of nitrogens with zero attached hydrogens (tertiary/aromatic N) is 1. The zero-order valence-corrected chi connectivity index (χ0v) is 15.0. The van der Waals surface area contributed by atoms with Crippen molar-refractivity contribution in [2.45, 2.75) is 39.2 Å². The van der Waals surface area contributed by atoms with Crippen LogP contribution in [0.15, 0.2) is 54.6 Å². The third-order valence-electron chi connectivity index (χ3n) is 4.58. The van der Waals surface area contributed by atoms with Crippen LogP contribution >= 0.6 is 0 Å². The summed E-state index contributed by atoms with van der Waals surface area (Å²) in [4.78, 5) is 0. The van der Waals surface area contributed by atoms with Gasteiger partial charge in [-0.2, -0.15) is 5.10 Å². The number of aromatic amines is 1. The summed E-state index contributed by atoms with van der Waals surface area (Å²) in [6.07, 6.45) is 0.964. The van der Waals surface area contributed by atoms with Gasteiger partial charge in [0.05, 0.1) is 11.4 Å². The number of H-pyrrole nitrogens is 1. The Morgan fingerprint density at radius 1 is 1.08 bits per heavy atom. The van der Waals surface area contributed by atoms with E-state index in [1.54, 1.807) is 0 Å². The van der Waals surface area contributed by atoms with E-state index >= 15 is 0 Å². The molecule has 0 aliphatic rings. The molecule has 0 saturated heterocycles. The summed E-state index contributed by atoms with van der Waals surface area (Å²) < 4.78 is 6.23. The largest absolute Gasteiger partial charge is 0.484 e. The standard InChI is InChI=1S/C21H25N3O/c1-4-14(2)18-10-5-6-11-21(18)25-15(3)19-13-20(24-23-19)16-8-7-9-17(22)12-16/h5-15H,4,22H2,1-3H3,(H,23,24). The van der Waals surface area contributed by atoms with Crippen LogP contribution < -0.4 is 10.5 Å². The monoisotopic (exact) mass is 335 g/mol. The molecule has 0 radical (unpaired) electrons. The lowest BCUT2D eigenvalue weighted by Crippen LogP contribution is -2.06. The van der Waals surface area contributed by atoms with Gasteiger partial charge in [-0.3, -0.25) is 5.10 Å². The molecule has 2 unspecified atom stereocenters. The van der Waals surface area contributed by atoms with Crippen LogP contribution in [0.2, 0.25) is 0 Å². The van der Waals surface area contributed by atoms with Crippen molar-refractivity contribution in [1.82, 2.24) is 10.2 Å². The summed E-state index contributed by atoms with van der Waals surface area (Å²) in [6.45, 7) is 6.45. The van der Waals surface area contributed by atoms with Crippen molar-refractivity contribution in [3.05, 3.63) is 65.9 Å². The van der Waals surface area contributed by atoms with E-state index in [4.69, 9.17) is 10.5 Å². The van der Waals surface area contributed by atoms with Crippen molar-refractivity contribution in [3.63, 3.8) is 0 Å². The smallest absolute Gasteiger partial charge is 0.137 e. The van der Waals surface area contributed by atoms with Gasteiger partial charge in [0.1, 0.15) is 11.9 Å². The molecule has 0 saturated carbocycles. The number of nitrogen functional groups attached to an aromatic ring is 1. The lowest BCUT2D eigenvalue weighted by Gasteiger charge is -2.19. The third-order valence-corrected chi connectivity index (χ3v) is 4.58. The predicted octanol–water partition coefficient (Wildman–Crippen LogP) is 5.31. The molecule has 4 nitrogen and oxygen atoms in total. The zero-order valence-electron chi connectivity index (χ0n) is 15.0. The van der Waals surface area contributed by atoms with Crippen LogP contribution in [-0.2, 0) is 0 Å². The minimum atomic E-state index is -0.118. The molecule has 0 spiro atoms. The molecule has 1 aromatic heterocycles. The van der Waals surface area contributed by atoms with Crippen LogP contribution in [0.1, 0.15) is 50.5 Å². The van der Waals surface area contributed by atoms with Gasteiger partial charge < -0.3 is 10.5 Å². The Bertz CT molecular complexity index is 840. The van der Waals surface area contributed by atoms with Gasteiger partial charge in [-0.25, -0.2) is 0 Å². The first kappa shape index (κ1) is 17.1. The minimum absolute atomic E-state index is 0.118. The van der Waals surface area contributed by atoms with Crippen LogP contribution in [0.4, 0.5) is 5.69 Å². The first-order valence-corrected chi connectivity index (χ1v) is 8.75. The second-order valence-corrected chi connectivity index (χ2v) is 6.44. The van der Waals surface area contributed by atoms with E-state index in [-0.39, 0.29) is 6.10 Å². The summed E-state index contributed by atoms with van der Waals surface area (Å²) in [5.41, 5.74) is 10.6. The Morgan fingerprint density at radius 2 is 1.88 bits per heavy atom. The van der Waals surface area contributed by atoms with Crippen LogP contribution in [0, 0.1) is 0 Å². The second kappa shape index (κ2) is 7.43. The van der Waals surface area contributed by atoms with Crippen LogP contribution in [0.5, 0.6) is 5.75 Å². The molecule has 0 fully saturated rings. The molecule has 25 heavy (non-hydrogen) atoms. The Hall–Kier alpha value is -2.75. The van der Waals surface area contributed by atoms with E-state index in [0.717, 1.165) is 34.8 Å². The molecule has 2 atom stereocenters. The van der Waals surface area contributed by atoms with Gasteiger partial charge in [0.25, 0.3) is 0 Å². The number of benzene rings is 2. The molecule has 0 aliphatic heterocycles. The van der Waals surface area contributed by atoms with E-state index in [1.165, 1.54) is 5.56 Å². The Morgan fingerprint density at radius 3 is 2.64 bits per heavy atom. The summed E-state index contributed by atoms with van der Waals surface area (Å²) in [5, 5.41) is 7.49. The molecular formula is C21H25N3O. The summed E-state index contributed by atoms with van der Waals surface area (Å²) in [6, 6.07) is 18.0. The minimum Gasteiger partial charge on any atom is -0.484 e. The fourth-order valence-electron chi connectivity index (χ4n) is 2.86. The average Bonchev–Trinajstić information content (AvgIpc) is 3.12. The molecule has 130 valence electrons. The highest BCUT2D eigenvalue weighted by molar-refractivity contribution is 5.64. The van der Waals surface area contributed by atoms with Gasteiger partial charge >= 0.3 is 0 Å². The number of anilines is 1. The lowest BCUT2D eigenvalue weighted by molar-refractivity contribution is 0.218. The molecule has 2 aromatic carbocycles. The van der Waals surface area contributed by atoms with Gasteiger partial charge in [-0.05, 0) is 49.1 Å². The number of para-hydroxylation sites is 1. The maximum Gasteiger partial charge on any atom is 0.137 e. The third kappa shape index (κ3) is 3.85. The molecule has 0 aliphatic carbocycles. The maximum absolute atomic E-state index is 6.23. The van der Waals surface area contributed by atoms with E-state index in [1.807, 2.05) is 49.4 Å². The molecule has 3 aromatic rings. The van der Waals surface area contributed by atoms with Gasteiger partial charge in [-0.15, -0.1) is 0 Å². The molecule has 0 bridgehead atoms. The second-order valence-electron chi connectivity index (χ2n) is 6.44. The highest BCUT2D eigenvalue weighted by Crippen LogP contribution is 2.32. The topological polar surface area (TPSA) is 63.9 Å². The number of nitrogens with two attached hydrogens (primary N) is 1. The van der Waals surface area contributed by atoms with Crippen molar-refractivity contribution >= 4 is 5.69 Å². The molecule has 4 heteroatoms.